The minimum absolute atomic E-state index is 0.221. The van der Waals surface area contributed by atoms with Crippen molar-refractivity contribution in [3.8, 4) is 0 Å². The van der Waals surface area contributed by atoms with Crippen molar-refractivity contribution in [2.45, 2.75) is 24.5 Å². The van der Waals surface area contributed by atoms with Crippen LogP contribution in [0.25, 0.3) is 0 Å². The van der Waals surface area contributed by atoms with Crippen LogP contribution in [0.2, 0.25) is 0 Å². The van der Waals surface area contributed by atoms with Gasteiger partial charge in [0.05, 0.1) is 0 Å². The summed E-state index contributed by atoms with van der Waals surface area (Å²) in [6, 6.07) is 0. The molecule has 0 saturated carbocycles. The van der Waals surface area contributed by atoms with Gasteiger partial charge in [0.15, 0.2) is 0 Å². The Morgan fingerprint density at radius 3 is 2.74 bits per heavy atom. The Morgan fingerprint density at radius 1 is 1.53 bits per heavy atom. The van der Waals surface area contributed by atoms with Crippen LogP contribution in [0.15, 0.2) is 11.0 Å². The molecule has 1 aliphatic heterocycles. The van der Waals surface area contributed by atoms with Crippen molar-refractivity contribution in [3.05, 3.63) is 16.6 Å². The molecule has 0 aliphatic carbocycles. The van der Waals surface area contributed by atoms with Gasteiger partial charge in [-0.2, -0.15) is 0 Å². The van der Waals surface area contributed by atoms with Gasteiger partial charge in [-0.15, -0.1) is 0 Å². The van der Waals surface area contributed by atoms with Crippen molar-refractivity contribution in [2.75, 3.05) is 19.0 Å². The quantitative estimate of drug-likeness (QED) is 0.427. The Morgan fingerprint density at radius 2 is 2.21 bits per heavy atom. The fourth-order valence-corrected chi connectivity index (χ4v) is 2.42. The number of rotatable bonds is 3. The van der Waals surface area contributed by atoms with Gasteiger partial charge in [0.1, 0.15) is 0 Å². The van der Waals surface area contributed by atoms with E-state index in [-0.39, 0.29) is 10.4 Å². The standard InChI is InChI=1S/C10H14N3O5Se/c1-11-4-2-13(10(19)12-8(4)17)9-7(16)6(15)5(3-14)18-9/h2,5-7,9,11,14-16H,3H2,1H3/t5-,6-,7-,9-/m1/s1. The number of aromatic nitrogens is 2. The fourth-order valence-electron chi connectivity index (χ4n) is 1.92. The van der Waals surface area contributed by atoms with E-state index in [1.807, 2.05) is 0 Å². The summed E-state index contributed by atoms with van der Waals surface area (Å²) in [6.07, 6.45) is -2.80. The normalized spacial score (nSPS) is 30.5. The molecule has 0 aromatic carbocycles. The van der Waals surface area contributed by atoms with E-state index in [2.05, 4.69) is 26.3 Å². The van der Waals surface area contributed by atoms with Gasteiger partial charge >= 0.3 is 116 Å². The third-order valence-corrected chi connectivity index (χ3v) is 3.61. The Bertz CT molecular complexity index is 522. The van der Waals surface area contributed by atoms with Crippen LogP contribution in [0.3, 0.4) is 0 Å². The molecule has 8 nitrogen and oxygen atoms in total. The van der Waals surface area contributed by atoms with Gasteiger partial charge in [-0.25, -0.2) is 0 Å². The molecule has 2 heterocycles. The third kappa shape index (κ3) is 2.53. The summed E-state index contributed by atoms with van der Waals surface area (Å²) in [5.74, 6) is 0. The summed E-state index contributed by atoms with van der Waals surface area (Å²) < 4.78 is 6.99. The molecule has 19 heavy (non-hydrogen) atoms. The Hall–Kier alpha value is -0.961. The predicted octanol–water partition coefficient (Wildman–Crippen LogP) is -3.31. The van der Waals surface area contributed by atoms with Crippen LogP contribution in [0, 0.1) is 0 Å². The zero-order chi connectivity index (χ0) is 14.2. The number of hydrogen-bond acceptors (Lipinski definition) is 7. The number of nitrogens with zero attached hydrogens (tertiary/aromatic N) is 2. The number of anilines is 1. The Kier molecular flexibility index (Phi) is 4.24. The van der Waals surface area contributed by atoms with E-state index in [9.17, 15) is 15.0 Å². The van der Waals surface area contributed by atoms with Crippen molar-refractivity contribution >= 4 is 26.4 Å². The van der Waals surface area contributed by atoms with Gasteiger partial charge < -0.3 is 0 Å². The molecule has 0 unspecified atom stereocenters. The van der Waals surface area contributed by atoms with Gasteiger partial charge in [-0.1, -0.05) is 0 Å². The minimum atomic E-state index is -1.22. The molecule has 1 aromatic rings. The van der Waals surface area contributed by atoms with Crippen molar-refractivity contribution in [2.24, 2.45) is 0 Å². The van der Waals surface area contributed by atoms with E-state index in [4.69, 9.17) is 9.84 Å². The van der Waals surface area contributed by atoms with E-state index in [0.717, 1.165) is 0 Å². The zero-order valence-corrected chi connectivity index (χ0v) is 11.8. The number of ether oxygens (including phenoxy) is 1. The average molecular weight is 335 g/mol. The molecule has 9 heteroatoms. The monoisotopic (exact) mass is 336 g/mol. The maximum absolute atomic E-state index is 11.5. The summed E-state index contributed by atoms with van der Waals surface area (Å²) in [5.41, 5.74) is -0.212. The van der Waals surface area contributed by atoms with E-state index in [0.29, 0.717) is 0 Å². The van der Waals surface area contributed by atoms with Crippen molar-refractivity contribution in [3.63, 3.8) is 0 Å². The molecule has 1 radical (unpaired) electrons. The number of aliphatic hydroxyl groups is 3. The van der Waals surface area contributed by atoms with Crippen LogP contribution >= 0.6 is 0 Å². The van der Waals surface area contributed by atoms with E-state index >= 15 is 0 Å². The summed E-state index contributed by atoms with van der Waals surface area (Å²) in [6.45, 7) is -0.413. The number of hydrogen-bond donors (Lipinski definition) is 4. The molecular weight excluding hydrogens is 321 g/mol. The summed E-state index contributed by atoms with van der Waals surface area (Å²) >= 11 is 2.60. The van der Waals surface area contributed by atoms with Gasteiger partial charge in [0, 0.05) is 0 Å². The number of nitrogens with one attached hydrogen (secondary N) is 1. The van der Waals surface area contributed by atoms with Gasteiger partial charge in [0.25, 0.3) is 0 Å². The second-order valence-corrected chi connectivity index (χ2v) is 4.89. The van der Waals surface area contributed by atoms with Crippen LogP contribution in [0.4, 0.5) is 5.69 Å². The van der Waals surface area contributed by atoms with Crippen LogP contribution in [-0.4, -0.2) is 72.8 Å². The van der Waals surface area contributed by atoms with Crippen molar-refractivity contribution in [1.82, 2.24) is 9.55 Å². The predicted molar refractivity (Wildman–Crippen MR) is 66.4 cm³/mol. The SMILES string of the molecule is CNc1cn([C@@H]2O[C@H](CO)[C@@H](O)[C@H]2O)c([Se])nc1=O. The molecule has 0 bridgehead atoms. The molecule has 1 saturated heterocycles. The van der Waals surface area contributed by atoms with Gasteiger partial charge in [0.2, 0.25) is 0 Å². The topological polar surface area (TPSA) is 117 Å². The van der Waals surface area contributed by atoms with Crippen molar-refractivity contribution < 1.29 is 20.1 Å². The van der Waals surface area contributed by atoms with E-state index in [1.54, 1.807) is 7.05 Å². The third-order valence-electron chi connectivity index (χ3n) is 2.98. The molecule has 2 rings (SSSR count). The molecule has 1 aromatic heterocycles. The van der Waals surface area contributed by atoms with Crippen molar-refractivity contribution in [1.29, 1.82) is 0 Å². The second-order valence-electron chi connectivity index (χ2n) is 4.13. The van der Waals surface area contributed by atoms with Gasteiger partial charge in [-0.3, -0.25) is 0 Å². The summed E-state index contributed by atoms with van der Waals surface area (Å²) in [5, 5.41) is 31.3. The second kappa shape index (κ2) is 5.58. The first-order valence-corrected chi connectivity index (χ1v) is 6.45. The molecule has 0 spiro atoms. The fraction of sp³-hybridized carbons (Fsp3) is 0.600. The Balaban J connectivity index is 2.40. The van der Waals surface area contributed by atoms with E-state index in [1.165, 1.54) is 10.8 Å². The Labute approximate surface area is 116 Å². The summed E-state index contributed by atoms with van der Waals surface area (Å²) in [7, 11) is 1.57. The molecule has 4 atom stereocenters. The number of aliphatic hydroxyl groups excluding tert-OH is 3. The van der Waals surface area contributed by atoms with Crippen LogP contribution in [0.5, 0.6) is 0 Å². The first-order valence-electron chi connectivity index (χ1n) is 5.60. The molecular formula is C10H14N3O5Se. The van der Waals surface area contributed by atoms with E-state index < -0.39 is 36.7 Å². The maximum atomic E-state index is 11.5. The first kappa shape index (κ1) is 14.4. The molecule has 1 fully saturated rings. The molecule has 105 valence electrons. The van der Waals surface area contributed by atoms with Crippen LogP contribution in [0.1, 0.15) is 6.23 Å². The summed E-state index contributed by atoms with van der Waals surface area (Å²) in [4.78, 5) is 15.3. The van der Waals surface area contributed by atoms with Gasteiger partial charge in [-0.05, 0) is 0 Å². The zero-order valence-electron chi connectivity index (χ0n) is 10.1. The average Bonchev–Trinajstić information content (AvgIpc) is 2.67. The van der Waals surface area contributed by atoms with Crippen LogP contribution in [-0.2, 0) is 4.74 Å². The molecule has 0 amide bonds. The first-order chi connectivity index (χ1) is 8.99. The molecule has 4 N–H and O–H groups in total. The molecule has 1 aliphatic rings. The van der Waals surface area contributed by atoms with Crippen LogP contribution < -0.4 is 15.6 Å².